The van der Waals surface area contributed by atoms with E-state index in [4.69, 9.17) is 10.8 Å². The molecule has 1 atom stereocenters. The second-order valence-electron chi connectivity index (χ2n) is 2.57. The van der Waals surface area contributed by atoms with Crippen molar-refractivity contribution in [1.29, 1.82) is 0 Å². The molecule has 70 valence electrons. The van der Waals surface area contributed by atoms with Crippen LogP contribution in [0.1, 0.15) is 19.8 Å². The van der Waals surface area contributed by atoms with Crippen LogP contribution in [-0.2, 0) is 9.59 Å². The lowest BCUT2D eigenvalue weighted by Crippen LogP contribution is -2.36. The molecule has 0 radical (unpaired) electrons. The molecule has 1 unspecified atom stereocenters. The molecule has 0 spiro atoms. The van der Waals surface area contributed by atoms with Gasteiger partial charge < -0.3 is 16.2 Å². The van der Waals surface area contributed by atoms with Gasteiger partial charge in [0.1, 0.15) is 0 Å². The molecule has 0 aromatic heterocycles. The number of hydrogen-bond acceptors (Lipinski definition) is 3. The van der Waals surface area contributed by atoms with Crippen molar-refractivity contribution in [3.63, 3.8) is 0 Å². The highest BCUT2D eigenvalue weighted by molar-refractivity contribution is 5.74. The SMILES string of the molecule is CC(=O)NC(CCN)CC(=O)O. The summed E-state index contributed by atoms with van der Waals surface area (Å²) >= 11 is 0. The number of carbonyl (C=O) groups excluding carboxylic acids is 1. The Hall–Kier alpha value is -1.10. The Morgan fingerprint density at radius 2 is 2.17 bits per heavy atom. The summed E-state index contributed by atoms with van der Waals surface area (Å²) in [7, 11) is 0. The second kappa shape index (κ2) is 5.54. The highest BCUT2D eigenvalue weighted by atomic mass is 16.4. The third-order valence-electron chi connectivity index (χ3n) is 1.34. The van der Waals surface area contributed by atoms with Crippen LogP contribution in [0, 0.1) is 0 Å². The lowest BCUT2D eigenvalue weighted by atomic mass is 10.1. The van der Waals surface area contributed by atoms with Crippen LogP contribution in [0.2, 0.25) is 0 Å². The van der Waals surface area contributed by atoms with Crippen LogP contribution in [0.3, 0.4) is 0 Å². The minimum atomic E-state index is -0.929. The lowest BCUT2D eigenvalue weighted by Gasteiger charge is -2.13. The summed E-state index contributed by atoms with van der Waals surface area (Å²) in [6.07, 6.45) is 0.419. The third kappa shape index (κ3) is 5.67. The van der Waals surface area contributed by atoms with E-state index < -0.39 is 5.97 Å². The first-order valence-electron chi connectivity index (χ1n) is 3.75. The number of carboxylic acid groups (broad SMARTS) is 1. The number of rotatable bonds is 5. The largest absolute Gasteiger partial charge is 0.481 e. The Morgan fingerprint density at radius 3 is 2.50 bits per heavy atom. The number of carboxylic acids is 1. The van der Waals surface area contributed by atoms with E-state index in [1.54, 1.807) is 0 Å². The predicted octanol–water partition coefficient (Wildman–Crippen LogP) is -0.685. The van der Waals surface area contributed by atoms with Crippen LogP contribution < -0.4 is 11.1 Å². The molecule has 0 saturated carbocycles. The zero-order valence-electron chi connectivity index (χ0n) is 7.04. The van der Waals surface area contributed by atoms with Gasteiger partial charge in [0.05, 0.1) is 6.42 Å². The van der Waals surface area contributed by atoms with Crippen LogP contribution in [0.5, 0.6) is 0 Å². The van der Waals surface area contributed by atoms with E-state index in [2.05, 4.69) is 5.32 Å². The van der Waals surface area contributed by atoms with E-state index in [0.717, 1.165) is 0 Å². The van der Waals surface area contributed by atoms with Gasteiger partial charge in [0.15, 0.2) is 0 Å². The van der Waals surface area contributed by atoms with E-state index in [1.807, 2.05) is 0 Å². The Morgan fingerprint density at radius 1 is 1.58 bits per heavy atom. The number of hydrogen-bond donors (Lipinski definition) is 3. The smallest absolute Gasteiger partial charge is 0.305 e. The fourth-order valence-electron chi connectivity index (χ4n) is 0.925. The minimum absolute atomic E-state index is 0.0726. The highest BCUT2D eigenvalue weighted by Crippen LogP contribution is 1.96. The van der Waals surface area contributed by atoms with Crippen molar-refractivity contribution in [1.82, 2.24) is 5.32 Å². The summed E-state index contributed by atoms with van der Waals surface area (Å²) < 4.78 is 0. The predicted molar refractivity (Wildman–Crippen MR) is 43.5 cm³/mol. The molecule has 0 heterocycles. The summed E-state index contributed by atoms with van der Waals surface area (Å²) in [4.78, 5) is 20.8. The molecule has 0 rings (SSSR count). The van der Waals surface area contributed by atoms with Gasteiger partial charge in [-0.3, -0.25) is 9.59 Å². The quantitative estimate of drug-likeness (QED) is 0.514. The van der Waals surface area contributed by atoms with Crippen LogP contribution in [0.25, 0.3) is 0 Å². The lowest BCUT2D eigenvalue weighted by molar-refractivity contribution is -0.137. The fraction of sp³-hybridized carbons (Fsp3) is 0.714. The highest BCUT2D eigenvalue weighted by Gasteiger charge is 2.12. The summed E-state index contributed by atoms with van der Waals surface area (Å²) in [6, 6.07) is -0.343. The zero-order chi connectivity index (χ0) is 9.56. The van der Waals surface area contributed by atoms with E-state index in [9.17, 15) is 9.59 Å². The van der Waals surface area contributed by atoms with Gasteiger partial charge in [-0.05, 0) is 13.0 Å². The topological polar surface area (TPSA) is 92.4 Å². The Kier molecular flexibility index (Phi) is 5.03. The number of amides is 1. The van der Waals surface area contributed by atoms with Gasteiger partial charge in [0.2, 0.25) is 5.91 Å². The first-order valence-corrected chi connectivity index (χ1v) is 3.75. The zero-order valence-corrected chi connectivity index (χ0v) is 7.04. The van der Waals surface area contributed by atoms with Crippen LogP contribution in [-0.4, -0.2) is 29.6 Å². The van der Waals surface area contributed by atoms with Crippen molar-refractivity contribution in [2.45, 2.75) is 25.8 Å². The van der Waals surface area contributed by atoms with E-state index in [-0.39, 0.29) is 18.4 Å². The van der Waals surface area contributed by atoms with Gasteiger partial charge in [-0.15, -0.1) is 0 Å². The normalized spacial score (nSPS) is 12.2. The molecule has 1 amide bonds. The first-order chi connectivity index (χ1) is 5.56. The average Bonchev–Trinajstić information content (AvgIpc) is 1.84. The maximum atomic E-state index is 10.6. The van der Waals surface area contributed by atoms with Gasteiger partial charge in [0, 0.05) is 13.0 Å². The molecule has 0 aromatic carbocycles. The van der Waals surface area contributed by atoms with Crippen LogP contribution in [0.4, 0.5) is 0 Å². The number of nitrogens with two attached hydrogens (primary N) is 1. The third-order valence-corrected chi connectivity index (χ3v) is 1.34. The minimum Gasteiger partial charge on any atom is -0.481 e. The van der Waals surface area contributed by atoms with Crippen molar-refractivity contribution in [2.24, 2.45) is 5.73 Å². The standard InChI is InChI=1S/C7H14N2O3/c1-5(10)9-6(2-3-8)4-7(11)12/h6H,2-4,8H2,1H3,(H,9,10)(H,11,12). The van der Waals surface area contributed by atoms with Gasteiger partial charge in [-0.1, -0.05) is 0 Å². The van der Waals surface area contributed by atoms with Gasteiger partial charge >= 0.3 is 5.97 Å². The summed E-state index contributed by atoms with van der Waals surface area (Å²) in [5.41, 5.74) is 5.24. The van der Waals surface area contributed by atoms with Gasteiger partial charge in [0.25, 0.3) is 0 Å². The molecule has 0 aliphatic rings. The van der Waals surface area contributed by atoms with Gasteiger partial charge in [-0.25, -0.2) is 0 Å². The van der Waals surface area contributed by atoms with Crippen molar-refractivity contribution in [3.05, 3.63) is 0 Å². The number of nitrogens with one attached hydrogen (secondary N) is 1. The van der Waals surface area contributed by atoms with Crippen molar-refractivity contribution >= 4 is 11.9 Å². The summed E-state index contributed by atoms with van der Waals surface area (Å²) in [6.45, 7) is 1.73. The molecule has 0 fully saturated rings. The average molecular weight is 174 g/mol. The molecule has 4 N–H and O–H groups in total. The molecule has 0 aromatic rings. The maximum Gasteiger partial charge on any atom is 0.305 e. The Labute approximate surface area is 70.9 Å². The van der Waals surface area contributed by atoms with E-state index in [0.29, 0.717) is 13.0 Å². The molecule has 5 heteroatoms. The summed E-state index contributed by atoms with van der Waals surface area (Å²) in [5.74, 6) is -1.16. The molecule has 5 nitrogen and oxygen atoms in total. The fourth-order valence-corrected chi connectivity index (χ4v) is 0.925. The molecular formula is C7H14N2O3. The molecule has 0 saturated heterocycles. The van der Waals surface area contributed by atoms with Crippen molar-refractivity contribution in [2.75, 3.05) is 6.54 Å². The maximum absolute atomic E-state index is 10.6. The molecule has 0 aliphatic carbocycles. The van der Waals surface area contributed by atoms with E-state index in [1.165, 1.54) is 6.92 Å². The van der Waals surface area contributed by atoms with Gasteiger partial charge in [-0.2, -0.15) is 0 Å². The molecular weight excluding hydrogens is 160 g/mol. The van der Waals surface area contributed by atoms with Crippen LogP contribution in [0.15, 0.2) is 0 Å². The molecule has 12 heavy (non-hydrogen) atoms. The Balaban J connectivity index is 3.85. The molecule has 0 aliphatic heterocycles. The van der Waals surface area contributed by atoms with Crippen LogP contribution >= 0.6 is 0 Å². The monoisotopic (exact) mass is 174 g/mol. The van der Waals surface area contributed by atoms with Crippen molar-refractivity contribution < 1.29 is 14.7 Å². The Bertz CT molecular complexity index is 154. The summed E-state index contributed by atoms with van der Waals surface area (Å²) in [5, 5.41) is 10.9. The number of carbonyl (C=O) groups is 2. The first kappa shape index (κ1) is 10.9. The second-order valence-corrected chi connectivity index (χ2v) is 2.57. The van der Waals surface area contributed by atoms with E-state index >= 15 is 0 Å². The molecule has 0 bridgehead atoms. The van der Waals surface area contributed by atoms with Crippen molar-refractivity contribution in [3.8, 4) is 0 Å². The number of aliphatic carboxylic acids is 1.